The standard InChI is InChI=1S/C23H38O3/c1-2-18(24)10-6-7-11-20-21(23-15-14-22(20)26-23)13-12-19(25)16-17-8-4-3-5-9-17/h2,6-7,17,19-25H,3-5,8-16H2,1H3/b7-6-,18-2+/t19?,20-,21+,22-,23+/m1/s1. The molecule has 3 heteroatoms. The lowest BCUT2D eigenvalue weighted by Gasteiger charge is -2.29. The molecule has 0 spiro atoms. The number of hydrogen-bond donors (Lipinski definition) is 2. The molecule has 0 aromatic carbocycles. The van der Waals surface area contributed by atoms with Gasteiger partial charge in [-0.3, -0.25) is 0 Å². The first-order valence-corrected chi connectivity index (χ1v) is 11.0. The Morgan fingerprint density at radius 2 is 1.77 bits per heavy atom. The first-order chi connectivity index (χ1) is 12.7. The van der Waals surface area contributed by atoms with Gasteiger partial charge in [0.25, 0.3) is 0 Å². The van der Waals surface area contributed by atoms with Crippen molar-refractivity contribution in [1.82, 2.24) is 0 Å². The molecule has 3 fully saturated rings. The third kappa shape index (κ3) is 5.36. The van der Waals surface area contributed by atoms with Crippen molar-refractivity contribution in [3.8, 4) is 0 Å². The van der Waals surface area contributed by atoms with Crippen molar-refractivity contribution in [2.75, 3.05) is 0 Å². The molecule has 2 aliphatic heterocycles. The average Bonchev–Trinajstić information content (AvgIpc) is 3.25. The number of hydrogen-bond acceptors (Lipinski definition) is 3. The fraction of sp³-hybridized carbons (Fsp3) is 0.826. The smallest absolute Gasteiger partial charge is 0.0917 e. The van der Waals surface area contributed by atoms with Crippen LogP contribution in [-0.4, -0.2) is 28.5 Å². The molecular weight excluding hydrogens is 324 g/mol. The Labute approximate surface area is 159 Å². The van der Waals surface area contributed by atoms with Crippen molar-refractivity contribution in [3.05, 3.63) is 24.0 Å². The number of ether oxygens (including phenoxy) is 1. The largest absolute Gasteiger partial charge is 0.512 e. The highest BCUT2D eigenvalue weighted by Crippen LogP contribution is 2.47. The quantitative estimate of drug-likeness (QED) is 0.409. The van der Waals surface area contributed by atoms with Crippen LogP contribution in [0.1, 0.15) is 84.0 Å². The lowest BCUT2D eigenvalue weighted by molar-refractivity contribution is 0.0805. The van der Waals surface area contributed by atoms with Gasteiger partial charge in [-0.2, -0.15) is 0 Å². The van der Waals surface area contributed by atoms with Crippen LogP contribution in [0.2, 0.25) is 0 Å². The summed E-state index contributed by atoms with van der Waals surface area (Å²) in [4.78, 5) is 0. The second-order valence-corrected chi connectivity index (χ2v) is 8.78. The highest BCUT2D eigenvalue weighted by molar-refractivity contribution is 5.02. The van der Waals surface area contributed by atoms with E-state index in [9.17, 15) is 10.2 Å². The average molecular weight is 363 g/mol. The second kappa shape index (κ2) is 9.94. The van der Waals surface area contributed by atoms with Gasteiger partial charge in [-0.25, -0.2) is 0 Å². The number of allylic oxidation sites excluding steroid dienone is 3. The SMILES string of the molecule is C/C=C(/O)C/C=C\C[C@@H]1[C@H](CCC(O)CC2CCCCC2)[C@@H]2CC[C@H]1O2. The van der Waals surface area contributed by atoms with E-state index in [1.165, 1.54) is 44.9 Å². The minimum absolute atomic E-state index is 0.125. The van der Waals surface area contributed by atoms with Gasteiger partial charge in [0.1, 0.15) is 0 Å². The van der Waals surface area contributed by atoms with Crippen molar-refractivity contribution < 1.29 is 14.9 Å². The zero-order valence-electron chi connectivity index (χ0n) is 16.5. The van der Waals surface area contributed by atoms with Gasteiger partial charge < -0.3 is 14.9 Å². The van der Waals surface area contributed by atoms with Crippen LogP contribution < -0.4 is 0 Å². The van der Waals surface area contributed by atoms with Crippen molar-refractivity contribution in [2.24, 2.45) is 17.8 Å². The van der Waals surface area contributed by atoms with Gasteiger partial charge in [0.15, 0.2) is 0 Å². The number of fused-ring (bicyclic) bond motifs is 2. The maximum Gasteiger partial charge on any atom is 0.0917 e. The Kier molecular flexibility index (Phi) is 7.63. The summed E-state index contributed by atoms with van der Waals surface area (Å²) in [5.41, 5.74) is 0. The Hall–Kier alpha value is -0.800. The number of aliphatic hydroxyl groups excluding tert-OH is 2. The van der Waals surface area contributed by atoms with E-state index >= 15 is 0 Å². The van der Waals surface area contributed by atoms with Crippen molar-refractivity contribution >= 4 is 0 Å². The molecule has 5 atom stereocenters. The van der Waals surface area contributed by atoms with Crippen LogP contribution in [0.3, 0.4) is 0 Å². The molecule has 148 valence electrons. The zero-order valence-corrected chi connectivity index (χ0v) is 16.5. The topological polar surface area (TPSA) is 49.7 Å². The summed E-state index contributed by atoms with van der Waals surface area (Å²) in [5, 5.41) is 20.1. The number of aliphatic hydroxyl groups is 2. The van der Waals surface area contributed by atoms with E-state index in [4.69, 9.17) is 4.74 Å². The van der Waals surface area contributed by atoms with Gasteiger partial charge in [0.05, 0.1) is 24.1 Å². The minimum atomic E-state index is -0.125. The molecular formula is C23H38O3. The van der Waals surface area contributed by atoms with E-state index < -0.39 is 0 Å². The van der Waals surface area contributed by atoms with Gasteiger partial charge in [-0.05, 0) is 69.3 Å². The molecule has 0 aromatic rings. The first kappa shape index (κ1) is 19.9. The van der Waals surface area contributed by atoms with Gasteiger partial charge in [0, 0.05) is 6.42 Å². The third-order valence-corrected chi connectivity index (χ3v) is 6.99. The molecule has 1 aliphatic carbocycles. The van der Waals surface area contributed by atoms with E-state index in [0.717, 1.165) is 31.6 Å². The first-order valence-electron chi connectivity index (χ1n) is 11.0. The lowest BCUT2D eigenvalue weighted by atomic mass is 9.74. The highest BCUT2D eigenvalue weighted by Gasteiger charge is 2.47. The third-order valence-electron chi connectivity index (χ3n) is 6.99. The van der Waals surface area contributed by atoms with Gasteiger partial charge in [-0.15, -0.1) is 0 Å². The maximum absolute atomic E-state index is 10.5. The summed E-state index contributed by atoms with van der Waals surface area (Å²) in [7, 11) is 0. The Bertz CT molecular complexity index is 478. The molecule has 2 N–H and O–H groups in total. The molecule has 3 rings (SSSR count). The lowest BCUT2D eigenvalue weighted by Crippen LogP contribution is -2.28. The maximum atomic E-state index is 10.5. The fourth-order valence-corrected chi connectivity index (χ4v) is 5.48. The molecule has 2 saturated heterocycles. The van der Waals surface area contributed by atoms with Crippen LogP contribution in [0.25, 0.3) is 0 Å². The van der Waals surface area contributed by atoms with E-state index in [1.807, 2.05) is 6.92 Å². The van der Waals surface area contributed by atoms with Crippen molar-refractivity contribution in [3.63, 3.8) is 0 Å². The van der Waals surface area contributed by atoms with Crippen LogP contribution in [0, 0.1) is 17.8 Å². The van der Waals surface area contributed by atoms with Crippen LogP contribution in [-0.2, 0) is 4.74 Å². The monoisotopic (exact) mass is 362 g/mol. The number of rotatable bonds is 9. The normalized spacial score (nSPS) is 34.0. The van der Waals surface area contributed by atoms with E-state index in [-0.39, 0.29) is 6.10 Å². The van der Waals surface area contributed by atoms with Crippen molar-refractivity contribution in [1.29, 1.82) is 0 Å². The molecule has 0 radical (unpaired) electrons. The van der Waals surface area contributed by atoms with E-state index in [2.05, 4.69) is 12.2 Å². The molecule has 1 saturated carbocycles. The molecule has 3 aliphatic rings. The second-order valence-electron chi connectivity index (χ2n) is 8.78. The van der Waals surface area contributed by atoms with Crippen LogP contribution >= 0.6 is 0 Å². The summed E-state index contributed by atoms with van der Waals surface area (Å²) >= 11 is 0. The van der Waals surface area contributed by atoms with E-state index in [1.54, 1.807) is 6.08 Å². The van der Waals surface area contributed by atoms with Gasteiger partial charge in [0.2, 0.25) is 0 Å². The molecule has 1 unspecified atom stereocenters. The minimum Gasteiger partial charge on any atom is -0.512 e. The molecule has 26 heavy (non-hydrogen) atoms. The Morgan fingerprint density at radius 1 is 1.04 bits per heavy atom. The summed E-state index contributed by atoms with van der Waals surface area (Å²) in [5.74, 6) is 2.40. The summed E-state index contributed by atoms with van der Waals surface area (Å²) in [6.07, 6.45) is 20.6. The molecule has 3 nitrogen and oxygen atoms in total. The Balaban J connectivity index is 1.44. The fourth-order valence-electron chi connectivity index (χ4n) is 5.48. The van der Waals surface area contributed by atoms with Crippen LogP contribution in [0.15, 0.2) is 24.0 Å². The molecule has 2 heterocycles. The van der Waals surface area contributed by atoms with E-state index in [0.29, 0.717) is 36.2 Å². The van der Waals surface area contributed by atoms with Crippen LogP contribution in [0.5, 0.6) is 0 Å². The highest BCUT2D eigenvalue weighted by atomic mass is 16.5. The Morgan fingerprint density at radius 3 is 2.50 bits per heavy atom. The summed E-state index contributed by atoms with van der Waals surface area (Å²) in [6.45, 7) is 1.86. The predicted molar refractivity (Wildman–Crippen MR) is 106 cm³/mol. The summed E-state index contributed by atoms with van der Waals surface area (Å²) in [6, 6.07) is 0. The van der Waals surface area contributed by atoms with Crippen LogP contribution in [0.4, 0.5) is 0 Å². The molecule has 0 amide bonds. The molecule has 2 bridgehead atoms. The zero-order chi connectivity index (χ0) is 18.4. The van der Waals surface area contributed by atoms with Gasteiger partial charge in [-0.1, -0.05) is 44.3 Å². The predicted octanol–water partition coefficient (Wildman–Crippen LogP) is 5.69. The summed E-state index contributed by atoms with van der Waals surface area (Å²) < 4.78 is 6.20. The molecule has 0 aromatic heterocycles. The van der Waals surface area contributed by atoms with Crippen molar-refractivity contribution in [2.45, 2.75) is 102 Å². The van der Waals surface area contributed by atoms with Gasteiger partial charge >= 0.3 is 0 Å².